The maximum atomic E-state index is 14.0. The van der Waals surface area contributed by atoms with E-state index in [0.717, 1.165) is 16.4 Å². The van der Waals surface area contributed by atoms with Gasteiger partial charge < -0.3 is 14.2 Å². The van der Waals surface area contributed by atoms with Gasteiger partial charge in [0.05, 0.1) is 14.2 Å². The van der Waals surface area contributed by atoms with Gasteiger partial charge in [0.25, 0.3) is 0 Å². The van der Waals surface area contributed by atoms with Crippen LogP contribution in [0.5, 0.6) is 11.5 Å². The van der Waals surface area contributed by atoms with Crippen LogP contribution in [0.25, 0.3) is 0 Å². The zero-order valence-corrected chi connectivity index (χ0v) is 13.4. The van der Waals surface area contributed by atoms with Gasteiger partial charge in [0.2, 0.25) is 10.0 Å². The van der Waals surface area contributed by atoms with Crippen molar-refractivity contribution in [1.29, 1.82) is 0 Å². The third-order valence-corrected chi connectivity index (χ3v) is 4.82. The summed E-state index contributed by atoms with van der Waals surface area (Å²) in [5.74, 6) is -0.593. The second-order valence-electron chi connectivity index (χ2n) is 4.31. The molecule has 0 atom stereocenters. The molecule has 0 radical (unpaired) electrons. The Labute approximate surface area is 124 Å². The van der Waals surface area contributed by atoms with E-state index in [-0.39, 0.29) is 18.0 Å². The van der Waals surface area contributed by atoms with Gasteiger partial charge >= 0.3 is 0 Å². The number of ether oxygens (including phenoxy) is 3. The van der Waals surface area contributed by atoms with Gasteiger partial charge in [-0.1, -0.05) is 0 Å². The van der Waals surface area contributed by atoms with Gasteiger partial charge in [0.15, 0.2) is 11.5 Å². The third kappa shape index (κ3) is 4.05. The molecule has 0 aliphatic carbocycles. The van der Waals surface area contributed by atoms with E-state index >= 15 is 0 Å². The number of hydrogen-bond donors (Lipinski definition) is 0. The monoisotopic (exact) mass is 321 g/mol. The van der Waals surface area contributed by atoms with Crippen molar-refractivity contribution >= 4 is 10.0 Å². The number of nitrogens with zero attached hydrogens (tertiary/aromatic N) is 1. The molecule has 0 amide bonds. The third-order valence-electron chi connectivity index (χ3n) is 2.95. The Bertz CT molecular complexity index is 576. The average Bonchev–Trinajstić information content (AvgIpc) is 2.46. The van der Waals surface area contributed by atoms with Gasteiger partial charge in [0.1, 0.15) is 10.7 Å². The number of halogens is 1. The van der Waals surface area contributed by atoms with Crippen LogP contribution in [0.15, 0.2) is 17.0 Å². The molecule has 1 aromatic rings. The molecule has 0 N–H and O–H groups in total. The molecular formula is C13H20FNO5S. The first kappa shape index (κ1) is 17.7. The molecule has 6 nitrogen and oxygen atoms in total. The fraction of sp³-hybridized carbons (Fsp3) is 0.538. The lowest BCUT2D eigenvalue weighted by Gasteiger charge is -2.18. The van der Waals surface area contributed by atoms with Crippen LogP contribution in [-0.2, 0) is 14.8 Å². The Morgan fingerprint density at radius 1 is 1.14 bits per heavy atom. The molecule has 0 bridgehead atoms. The zero-order chi connectivity index (χ0) is 16.0. The van der Waals surface area contributed by atoms with Crippen molar-refractivity contribution in [2.24, 2.45) is 0 Å². The van der Waals surface area contributed by atoms with Crippen LogP contribution in [-0.4, -0.2) is 54.3 Å². The predicted molar refractivity (Wildman–Crippen MR) is 75.8 cm³/mol. The summed E-state index contributed by atoms with van der Waals surface area (Å²) in [7, 11) is 1.68. The van der Waals surface area contributed by atoms with Crippen LogP contribution in [0.2, 0.25) is 0 Å². The van der Waals surface area contributed by atoms with Crippen molar-refractivity contribution in [2.45, 2.75) is 11.3 Å². The molecule has 0 saturated carbocycles. The van der Waals surface area contributed by atoms with Crippen LogP contribution in [0.4, 0.5) is 4.39 Å². The van der Waals surface area contributed by atoms with Gasteiger partial charge in [-0.05, 0) is 6.42 Å². The molecule has 0 unspecified atom stereocenters. The molecule has 1 rings (SSSR count). The number of rotatable bonds is 8. The van der Waals surface area contributed by atoms with Crippen molar-refractivity contribution in [3.8, 4) is 11.5 Å². The first-order chi connectivity index (χ1) is 9.88. The Kier molecular flexibility index (Phi) is 6.38. The van der Waals surface area contributed by atoms with Gasteiger partial charge in [-0.15, -0.1) is 0 Å². The normalized spacial score (nSPS) is 11.7. The maximum absolute atomic E-state index is 14.0. The second-order valence-corrected chi connectivity index (χ2v) is 6.32. The molecule has 0 fully saturated rings. The van der Waals surface area contributed by atoms with E-state index in [0.29, 0.717) is 13.0 Å². The topological polar surface area (TPSA) is 65.1 Å². The van der Waals surface area contributed by atoms with Crippen LogP contribution >= 0.6 is 0 Å². The van der Waals surface area contributed by atoms with E-state index in [1.165, 1.54) is 28.4 Å². The molecule has 1 aromatic carbocycles. The molecule has 21 heavy (non-hydrogen) atoms. The Morgan fingerprint density at radius 2 is 1.71 bits per heavy atom. The van der Waals surface area contributed by atoms with Crippen molar-refractivity contribution in [3.05, 3.63) is 17.9 Å². The van der Waals surface area contributed by atoms with E-state index in [9.17, 15) is 12.8 Å². The number of sulfonamides is 1. The lowest BCUT2D eigenvalue weighted by molar-refractivity contribution is 0.189. The Hall–Kier alpha value is -1.38. The molecule has 0 aromatic heterocycles. The summed E-state index contributed by atoms with van der Waals surface area (Å²) in [6.45, 7) is 0.651. The molecule has 8 heteroatoms. The molecule has 0 spiro atoms. The molecule has 0 aliphatic rings. The summed E-state index contributed by atoms with van der Waals surface area (Å²) in [6, 6.07) is 2.12. The molecule has 0 saturated heterocycles. The summed E-state index contributed by atoms with van der Waals surface area (Å²) < 4.78 is 54.7. The fourth-order valence-electron chi connectivity index (χ4n) is 1.75. The van der Waals surface area contributed by atoms with Gasteiger partial charge in [-0.3, -0.25) is 0 Å². The Balaban J connectivity index is 3.13. The maximum Gasteiger partial charge on any atom is 0.245 e. The largest absolute Gasteiger partial charge is 0.493 e. The number of methoxy groups -OCH3 is 3. The van der Waals surface area contributed by atoms with Gasteiger partial charge in [0, 0.05) is 39.4 Å². The SMILES string of the molecule is COCCCN(C)S(=O)(=O)c1cc(OC)c(OC)cc1F. The highest BCUT2D eigenvalue weighted by atomic mass is 32.2. The van der Waals surface area contributed by atoms with E-state index < -0.39 is 20.7 Å². The minimum absolute atomic E-state index is 0.135. The van der Waals surface area contributed by atoms with Crippen LogP contribution in [0, 0.1) is 5.82 Å². The van der Waals surface area contributed by atoms with Crippen molar-refractivity contribution in [2.75, 3.05) is 41.5 Å². The first-order valence-corrected chi connectivity index (χ1v) is 7.69. The van der Waals surface area contributed by atoms with Crippen molar-refractivity contribution in [3.63, 3.8) is 0 Å². The molecule has 120 valence electrons. The lowest BCUT2D eigenvalue weighted by Crippen LogP contribution is -2.29. The highest BCUT2D eigenvalue weighted by Gasteiger charge is 2.26. The molecule has 0 aliphatic heterocycles. The minimum Gasteiger partial charge on any atom is -0.493 e. The summed E-state index contributed by atoms with van der Waals surface area (Å²) in [4.78, 5) is -0.444. The van der Waals surface area contributed by atoms with E-state index in [4.69, 9.17) is 14.2 Å². The van der Waals surface area contributed by atoms with Crippen molar-refractivity contribution < 1.29 is 27.0 Å². The Morgan fingerprint density at radius 3 is 2.24 bits per heavy atom. The molecular weight excluding hydrogens is 301 g/mol. The summed E-state index contributed by atoms with van der Waals surface area (Å²) >= 11 is 0. The minimum atomic E-state index is -3.94. The average molecular weight is 321 g/mol. The zero-order valence-electron chi connectivity index (χ0n) is 12.6. The molecule has 0 heterocycles. The van der Waals surface area contributed by atoms with E-state index in [1.54, 1.807) is 0 Å². The fourth-order valence-corrected chi connectivity index (χ4v) is 3.02. The van der Waals surface area contributed by atoms with Crippen LogP contribution < -0.4 is 9.47 Å². The summed E-state index contributed by atoms with van der Waals surface area (Å²) in [5.41, 5.74) is 0. The summed E-state index contributed by atoms with van der Waals surface area (Å²) in [5, 5.41) is 0. The van der Waals surface area contributed by atoms with Crippen LogP contribution in [0.1, 0.15) is 6.42 Å². The second kappa shape index (κ2) is 7.58. The van der Waals surface area contributed by atoms with E-state index in [2.05, 4.69) is 0 Å². The lowest BCUT2D eigenvalue weighted by atomic mass is 10.3. The van der Waals surface area contributed by atoms with Gasteiger partial charge in [-0.2, -0.15) is 0 Å². The quantitative estimate of drug-likeness (QED) is 0.679. The van der Waals surface area contributed by atoms with E-state index in [1.807, 2.05) is 0 Å². The number of benzene rings is 1. The van der Waals surface area contributed by atoms with Crippen molar-refractivity contribution in [1.82, 2.24) is 4.31 Å². The first-order valence-electron chi connectivity index (χ1n) is 6.25. The highest BCUT2D eigenvalue weighted by molar-refractivity contribution is 7.89. The summed E-state index contributed by atoms with van der Waals surface area (Å²) in [6.07, 6.45) is 0.515. The smallest absolute Gasteiger partial charge is 0.245 e. The van der Waals surface area contributed by atoms with Gasteiger partial charge in [-0.25, -0.2) is 17.1 Å². The number of hydrogen-bond acceptors (Lipinski definition) is 5. The highest BCUT2D eigenvalue weighted by Crippen LogP contribution is 2.32. The standard InChI is InChI=1S/C13H20FNO5S/c1-15(6-5-7-18-2)21(16,17)13-9-12(20-4)11(19-3)8-10(13)14/h8-9H,5-7H2,1-4H3. The predicted octanol–water partition coefficient (Wildman–Crippen LogP) is 1.50. The van der Waals surface area contributed by atoms with Crippen LogP contribution in [0.3, 0.4) is 0 Å².